The Balaban J connectivity index is 1.52. The minimum absolute atomic E-state index is 0.0966. The molecule has 1 aliphatic heterocycles. The minimum Gasteiger partial charge on any atom is -0.454 e. The molecule has 0 fully saturated rings. The Morgan fingerprint density at radius 2 is 1.71 bits per heavy atom. The molecular weight excluding hydrogens is 396 g/mol. The summed E-state index contributed by atoms with van der Waals surface area (Å²) in [6.07, 6.45) is 1.07. The standard InChI is InChI=1S/C24H28N2O5/c1-17(2)22(25-24(29)31-15-18-9-4-3-5-10-18)23(28)30-16-21(27)26-14-8-12-19-11-6-7-13-20(19)26/h3-7,9-11,13,17,22H,8,12,14-16H2,1-2H3,(H,25,29)/t22-/m0/s1. The predicted molar refractivity (Wildman–Crippen MR) is 116 cm³/mol. The van der Waals surface area contributed by atoms with Gasteiger partial charge in [-0.15, -0.1) is 0 Å². The largest absolute Gasteiger partial charge is 0.454 e. The van der Waals surface area contributed by atoms with Gasteiger partial charge in [-0.3, -0.25) is 4.79 Å². The highest BCUT2D eigenvalue weighted by Gasteiger charge is 2.28. The van der Waals surface area contributed by atoms with Crippen molar-refractivity contribution in [1.82, 2.24) is 5.32 Å². The van der Waals surface area contributed by atoms with Gasteiger partial charge >= 0.3 is 12.1 Å². The molecule has 1 N–H and O–H groups in total. The molecule has 1 heterocycles. The fraction of sp³-hybridized carbons (Fsp3) is 0.375. The van der Waals surface area contributed by atoms with E-state index in [9.17, 15) is 14.4 Å². The van der Waals surface area contributed by atoms with Crippen LogP contribution in [0.5, 0.6) is 0 Å². The van der Waals surface area contributed by atoms with E-state index in [-0.39, 0.29) is 25.0 Å². The lowest BCUT2D eigenvalue weighted by Gasteiger charge is -2.29. The van der Waals surface area contributed by atoms with Crippen molar-refractivity contribution in [2.24, 2.45) is 5.92 Å². The third-order valence-corrected chi connectivity index (χ3v) is 5.16. The van der Waals surface area contributed by atoms with Gasteiger partial charge in [-0.05, 0) is 36.0 Å². The summed E-state index contributed by atoms with van der Waals surface area (Å²) in [4.78, 5) is 39.0. The van der Waals surface area contributed by atoms with E-state index < -0.39 is 18.1 Å². The van der Waals surface area contributed by atoms with Crippen LogP contribution < -0.4 is 10.2 Å². The molecule has 0 radical (unpaired) electrons. The van der Waals surface area contributed by atoms with Gasteiger partial charge < -0.3 is 19.7 Å². The number of hydrogen-bond donors (Lipinski definition) is 1. The summed E-state index contributed by atoms with van der Waals surface area (Å²) in [6.45, 7) is 3.87. The van der Waals surface area contributed by atoms with Crippen LogP contribution in [0.15, 0.2) is 54.6 Å². The average molecular weight is 424 g/mol. The Kier molecular flexibility index (Phi) is 7.65. The van der Waals surface area contributed by atoms with Crippen molar-refractivity contribution in [1.29, 1.82) is 0 Å². The lowest BCUT2D eigenvalue weighted by atomic mass is 10.0. The number of carbonyl (C=O) groups excluding carboxylic acids is 3. The molecule has 2 aromatic rings. The zero-order chi connectivity index (χ0) is 22.2. The van der Waals surface area contributed by atoms with E-state index in [4.69, 9.17) is 9.47 Å². The van der Waals surface area contributed by atoms with Crippen molar-refractivity contribution < 1.29 is 23.9 Å². The molecule has 7 heteroatoms. The fourth-order valence-corrected chi connectivity index (χ4v) is 3.48. The Labute approximate surface area is 182 Å². The van der Waals surface area contributed by atoms with Crippen molar-refractivity contribution in [3.05, 3.63) is 65.7 Å². The topological polar surface area (TPSA) is 84.9 Å². The number of nitrogens with one attached hydrogen (secondary N) is 1. The first-order valence-electron chi connectivity index (χ1n) is 10.5. The summed E-state index contributed by atoms with van der Waals surface area (Å²) >= 11 is 0. The number of carbonyl (C=O) groups is 3. The molecule has 0 bridgehead atoms. The number of nitrogens with zero attached hydrogens (tertiary/aromatic N) is 1. The second-order valence-corrected chi connectivity index (χ2v) is 7.81. The molecule has 0 spiro atoms. The van der Waals surface area contributed by atoms with Crippen LogP contribution in [0.2, 0.25) is 0 Å². The van der Waals surface area contributed by atoms with E-state index in [1.54, 1.807) is 18.7 Å². The number of hydrogen-bond acceptors (Lipinski definition) is 5. The summed E-state index contributed by atoms with van der Waals surface area (Å²) in [6, 6.07) is 16.1. The molecule has 1 aliphatic rings. The van der Waals surface area contributed by atoms with E-state index in [0.29, 0.717) is 6.54 Å². The van der Waals surface area contributed by atoms with Gasteiger partial charge in [-0.25, -0.2) is 9.59 Å². The number of rotatable bonds is 7. The Morgan fingerprint density at radius 3 is 2.45 bits per heavy atom. The third-order valence-electron chi connectivity index (χ3n) is 5.16. The van der Waals surface area contributed by atoms with Gasteiger partial charge in [-0.1, -0.05) is 62.4 Å². The Bertz CT molecular complexity index is 913. The summed E-state index contributed by atoms with van der Waals surface area (Å²) in [5.41, 5.74) is 2.81. The Morgan fingerprint density at radius 1 is 1.00 bits per heavy atom. The van der Waals surface area contributed by atoms with Gasteiger partial charge in [0.25, 0.3) is 5.91 Å². The second kappa shape index (κ2) is 10.6. The zero-order valence-corrected chi connectivity index (χ0v) is 17.9. The van der Waals surface area contributed by atoms with Crippen molar-refractivity contribution >= 4 is 23.7 Å². The van der Waals surface area contributed by atoms with E-state index in [0.717, 1.165) is 29.7 Å². The smallest absolute Gasteiger partial charge is 0.408 e. The first kappa shape index (κ1) is 22.3. The van der Waals surface area contributed by atoms with Crippen LogP contribution in [0, 0.1) is 5.92 Å². The normalized spacial score (nSPS) is 13.8. The lowest BCUT2D eigenvalue weighted by molar-refractivity contribution is -0.150. The van der Waals surface area contributed by atoms with E-state index >= 15 is 0 Å². The molecule has 31 heavy (non-hydrogen) atoms. The van der Waals surface area contributed by atoms with E-state index in [1.807, 2.05) is 54.6 Å². The molecule has 2 amide bonds. The monoisotopic (exact) mass is 424 g/mol. The van der Waals surface area contributed by atoms with Crippen molar-refractivity contribution in [2.75, 3.05) is 18.1 Å². The SMILES string of the molecule is CC(C)[C@H](NC(=O)OCc1ccccc1)C(=O)OCC(=O)N1CCCc2ccccc21. The fourth-order valence-electron chi connectivity index (χ4n) is 3.48. The Hall–Kier alpha value is -3.35. The molecule has 0 aliphatic carbocycles. The van der Waals surface area contributed by atoms with Crippen LogP contribution in [-0.2, 0) is 32.1 Å². The van der Waals surface area contributed by atoms with Crippen molar-refractivity contribution in [2.45, 2.75) is 39.3 Å². The van der Waals surface area contributed by atoms with Crippen LogP contribution in [-0.4, -0.2) is 37.2 Å². The summed E-state index contributed by atoms with van der Waals surface area (Å²) in [7, 11) is 0. The molecule has 2 aromatic carbocycles. The van der Waals surface area contributed by atoms with Crippen LogP contribution in [0.25, 0.3) is 0 Å². The molecule has 0 aromatic heterocycles. The highest BCUT2D eigenvalue weighted by Crippen LogP contribution is 2.26. The molecular formula is C24H28N2O5. The predicted octanol–water partition coefficient (Wildman–Crippen LogP) is 3.46. The van der Waals surface area contributed by atoms with Gasteiger partial charge in [-0.2, -0.15) is 0 Å². The van der Waals surface area contributed by atoms with Gasteiger partial charge in [0.2, 0.25) is 0 Å². The van der Waals surface area contributed by atoms with Gasteiger partial charge in [0, 0.05) is 12.2 Å². The summed E-state index contributed by atoms with van der Waals surface area (Å²) in [5.74, 6) is -1.18. The molecule has 7 nitrogen and oxygen atoms in total. The molecule has 3 rings (SSSR count). The van der Waals surface area contributed by atoms with Crippen molar-refractivity contribution in [3.8, 4) is 0 Å². The number of anilines is 1. The van der Waals surface area contributed by atoms with Gasteiger partial charge in [0.05, 0.1) is 0 Å². The maximum absolute atomic E-state index is 12.7. The molecule has 164 valence electrons. The number of benzene rings is 2. The molecule has 1 atom stereocenters. The maximum Gasteiger partial charge on any atom is 0.408 e. The van der Waals surface area contributed by atoms with Gasteiger partial charge in [0.15, 0.2) is 6.61 Å². The number of para-hydroxylation sites is 1. The quantitative estimate of drug-likeness (QED) is 0.688. The number of aryl methyl sites for hydroxylation is 1. The minimum atomic E-state index is -0.912. The molecule has 0 unspecified atom stereocenters. The second-order valence-electron chi connectivity index (χ2n) is 7.81. The number of alkyl carbamates (subject to hydrolysis) is 1. The maximum atomic E-state index is 12.7. The van der Waals surface area contributed by atoms with E-state index in [1.165, 1.54) is 0 Å². The number of ether oxygens (including phenoxy) is 2. The van der Waals surface area contributed by atoms with Crippen LogP contribution in [0.3, 0.4) is 0 Å². The average Bonchev–Trinajstić information content (AvgIpc) is 2.79. The summed E-state index contributed by atoms with van der Waals surface area (Å²) in [5, 5.41) is 2.54. The highest BCUT2D eigenvalue weighted by molar-refractivity contribution is 5.96. The summed E-state index contributed by atoms with van der Waals surface area (Å²) < 4.78 is 10.4. The molecule has 0 saturated carbocycles. The van der Waals surface area contributed by atoms with E-state index in [2.05, 4.69) is 5.32 Å². The van der Waals surface area contributed by atoms with Crippen molar-refractivity contribution in [3.63, 3.8) is 0 Å². The number of esters is 1. The molecule has 0 saturated heterocycles. The highest BCUT2D eigenvalue weighted by atomic mass is 16.6. The first-order valence-corrected chi connectivity index (χ1v) is 10.5. The van der Waals surface area contributed by atoms with Crippen LogP contribution in [0.1, 0.15) is 31.4 Å². The third kappa shape index (κ3) is 6.07. The number of fused-ring (bicyclic) bond motifs is 1. The zero-order valence-electron chi connectivity index (χ0n) is 17.9. The lowest BCUT2D eigenvalue weighted by Crippen LogP contribution is -2.46. The van der Waals surface area contributed by atoms with Gasteiger partial charge in [0.1, 0.15) is 12.6 Å². The first-order chi connectivity index (χ1) is 15.0. The van der Waals surface area contributed by atoms with Crippen LogP contribution >= 0.6 is 0 Å². The van der Waals surface area contributed by atoms with Crippen LogP contribution in [0.4, 0.5) is 10.5 Å². The number of amides is 2.